The third kappa shape index (κ3) is 4.05. The van der Waals surface area contributed by atoms with Gasteiger partial charge >= 0.3 is 12.2 Å². The van der Waals surface area contributed by atoms with E-state index in [-0.39, 0.29) is 6.03 Å². The molecule has 0 unspecified atom stereocenters. The third-order valence-electron chi connectivity index (χ3n) is 5.46. The fourth-order valence-electron chi connectivity index (χ4n) is 3.87. The van der Waals surface area contributed by atoms with Gasteiger partial charge in [0, 0.05) is 36.3 Å². The number of halogens is 3. The van der Waals surface area contributed by atoms with Crippen molar-refractivity contribution < 1.29 is 22.7 Å². The number of nitrogens with two attached hydrogens (primary N) is 1. The molecule has 3 aromatic rings. The van der Waals surface area contributed by atoms with Crippen LogP contribution in [-0.4, -0.2) is 41.8 Å². The minimum absolute atomic E-state index is 0.196. The summed E-state index contributed by atoms with van der Waals surface area (Å²) in [5, 5.41) is 3.43. The maximum atomic E-state index is 13.2. The van der Waals surface area contributed by atoms with Gasteiger partial charge < -0.3 is 25.3 Å². The van der Waals surface area contributed by atoms with Crippen LogP contribution in [0.3, 0.4) is 0 Å². The van der Waals surface area contributed by atoms with Gasteiger partial charge in [0.15, 0.2) is 0 Å². The van der Waals surface area contributed by atoms with Crippen LogP contribution in [0.1, 0.15) is 12.5 Å². The Labute approximate surface area is 177 Å². The Hall–Kier alpha value is -3.20. The molecule has 0 bridgehead atoms. The standard InChI is InChI=1S/C22H23F3N4O2/c1-2-29-18-13-15(22(23,24)25)5-8-17(18)19(26)20(29)14-3-6-16(7-4-14)27-21(30)28-9-11-31-12-10-28/h3-8,13H,2,9-12,26H2,1H3,(H,27,30). The first-order chi connectivity index (χ1) is 14.8. The van der Waals surface area contributed by atoms with Crippen LogP contribution in [0.2, 0.25) is 0 Å². The first-order valence-electron chi connectivity index (χ1n) is 10.0. The zero-order chi connectivity index (χ0) is 22.2. The van der Waals surface area contributed by atoms with Crippen LogP contribution in [0.4, 0.5) is 29.3 Å². The lowest BCUT2D eigenvalue weighted by atomic mass is 10.1. The van der Waals surface area contributed by atoms with Crippen molar-refractivity contribution in [3.63, 3.8) is 0 Å². The van der Waals surface area contributed by atoms with Gasteiger partial charge in [-0.25, -0.2) is 4.79 Å². The number of amides is 2. The van der Waals surface area contributed by atoms with Crippen molar-refractivity contribution >= 4 is 28.3 Å². The van der Waals surface area contributed by atoms with Crippen molar-refractivity contribution in [1.82, 2.24) is 9.47 Å². The summed E-state index contributed by atoms with van der Waals surface area (Å²) in [7, 11) is 0. The summed E-state index contributed by atoms with van der Waals surface area (Å²) in [6, 6.07) is 10.5. The molecule has 3 N–H and O–H groups in total. The number of carbonyl (C=O) groups excluding carboxylic acids is 1. The second-order valence-corrected chi connectivity index (χ2v) is 7.34. The van der Waals surface area contributed by atoms with Gasteiger partial charge in [0.25, 0.3) is 0 Å². The molecule has 2 amide bonds. The van der Waals surface area contributed by atoms with Gasteiger partial charge in [-0.15, -0.1) is 0 Å². The summed E-state index contributed by atoms with van der Waals surface area (Å²) in [6.07, 6.45) is -4.42. The molecule has 2 heterocycles. The van der Waals surface area contributed by atoms with Gasteiger partial charge in [-0.3, -0.25) is 0 Å². The lowest BCUT2D eigenvalue weighted by molar-refractivity contribution is -0.137. The lowest BCUT2D eigenvalue weighted by Gasteiger charge is -2.26. The molecule has 1 aliphatic rings. The minimum atomic E-state index is -4.42. The van der Waals surface area contributed by atoms with Gasteiger partial charge in [-0.2, -0.15) is 13.2 Å². The Kier molecular flexibility index (Phi) is 5.53. The first kappa shape index (κ1) is 21.0. The molecule has 0 radical (unpaired) electrons. The summed E-state index contributed by atoms with van der Waals surface area (Å²) >= 11 is 0. The van der Waals surface area contributed by atoms with Crippen LogP contribution in [-0.2, 0) is 17.5 Å². The number of benzene rings is 2. The fraction of sp³-hybridized carbons (Fsp3) is 0.318. The summed E-state index contributed by atoms with van der Waals surface area (Å²) in [4.78, 5) is 14.0. The van der Waals surface area contributed by atoms with Crippen LogP contribution in [0, 0.1) is 0 Å². The molecule has 0 atom stereocenters. The summed E-state index contributed by atoms with van der Waals surface area (Å²) in [5.74, 6) is 0. The molecule has 0 saturated carbocycles. The number of hydrogen-bond acceptors (Lipinski definition) is 3. The number of anilines is 2. The normalized spacial score (nSPS) is 14.8. The maximum Gasteiger partial charge on any atom is 0.416 e. The van der Waals surface area contributed by atoms with Crippen LogP contribution < -0.4 is 11.1 Å². The smallest absolute Gasteiger partial charge is 0.396 e. The molecule has 0 aliphatic carbocycles. The van der Waals surface area contributed by atoms with Gasteiger partial charge in [-0.1, -0.05) is 18.2 Å². The van der Waals surface area contributed by atoms with Crippen LogP contribution in [0.5, 0.6) is 0 Å². The Morgan fingerprint density at radius 1 is 1.13 bits per heavy atom. The quantitative estimate of drug-likeness (QED) is 0.625. The maximum absolute atomic E-state index is 13.2. The van der Waals surface area contributed by atoms with Crippen molar-refractivity contribution in [2.24, 2.45) is 0 Å². The van der Waals surface area contributed by atoms with Crippen molar-refractivity contribution in [2.45, 2.75) is 19.6 Å². The number of morpholine rings is 1. The highest BCUT2D eigenvalue weighted by molar-refractivity contribution is 6.01. The number of nitrogens with zero attached hydrogens (tertiary/aromatic N) is 2. The van der Waals surface area contributed by atoms with E-state index in [4.69, 9.17) is 10.5 Å². The molecular weight excluding hydrogens is 409 g/mol. The monoisotopic (exact) mass is 432 g/mol. The number of nitrogens with one attached hydrogen (secondary N) is 1. The Bertz CT molecular complexity index is 1100. The molecular formula is C22H23F3N4O2. The fourth-order valence-corrected chi connectivity index (χ4v) is 3.87. The van der Waals surface area contributed by atoms with E-state index >= 15 is 0 Å². The van der Waals surface area contributed by atoms with E-state index < -0.39 is 11.7 Å². The molecule has 164 valence electrons. The average Bonchev–Trinajstić information content (AvgIpc) is 3.05. The average molecular weight is 432 g/mol. The Morgan fingerprint density at radius 2 is 1.81 bits per heavy atom. The molecule has 6 nitrogen and oxygen atoms in total. The first-order valence-corrected chi connectivity index (χ1v) is 10.0. The predicted molar refractivity (Wildman–Crippen MR) is 114 cm³/mol. The molecule has 4 rings (SSSR count). The lowest BCUT2D eigenvalue weighted by Crippen LogP contribution is -2.43. The van der Waals surface area contributed by atoms with Crippen molar-refractivity contribution in [2.75, 3.05) is 37.4 Å². The number of alkyl halides is 3. The van der Waals surface area contributed by atoms with E-state index in [2.05, 4.69) is 5.32 Å². The van der Waals surface area contributed by atoms with Gasteiger partial charge in [0.05, 0.1) is 35.7 Å². The Balaban J connectivity index is 1.65. The molecule has 0 spiro atoms. The van der Waals surface area contributed by atoms with Gasteiger partial charge in [-0.05, 0) is 31.2 Å². The SMILES string of the molecule is CCn1c(-c2ccc(NC(=O)N3CCOCC3)cc2)c(N)c2ccc(C(F)(F)F)cc21. The number of aryl methyl sites for hydroxylation is 1. The summed E-state index contributed by atoms with van der Waals surface area (Å²) in [6.45, 7) is 4.43. The number of ether oxygens (including phenoxy) is 1. The summed E-state index contributed by atoms with van der Waals surface area (Å²) < 4.78 is 46.6. The van der Waals surface area contributed by atoms with E-state index in [9.17, 15) is 18.0 Å². The molecule has 1 fully saturated rings. The van der Waals surface area contributed by atoms with E-state index in [1.54, 1.807) is 33.7 Å². The second kappa shape index (κ2) is 8.14. The number of aromatic nitrogens is 1. The second-order valence-electron chi connectivity index (χ2n) is 7.34. The van der Waals surface area contributed by atoms with E-state index in [0.29, 0.717) is 60.8 Å². The van der Waals surface area contributed by atoms with Gasteiger partial charge in [0.2, 0.25) is 0 Å². The van der Waals surface area contributed by atoms with E-state index in [0.717, 1.165) is 17.7 Å². The van der Waals surface area contributed by atoms with Crippen molar-refractivity contribution in [3.05, 3.63) is 48.0 Å². The van der Waals surface area contributed by atoms with E-state index in [1.165, 1.54) is 6.07 Å². The van der Waals surface area contributed by atoms with E-state index in [1.807, 2.05) is 6.92 Å². The third-order valence-corrected chi connectivity index (χ3v) is 5.46. The minimum Gasteiger partial charge on any atom is -0.396 e. The highest BCUT2D eigenvalue weighted by Gasteiger charge is 2.31. The zero-order valence-electron chi connectivity index (χ0n) is 17.0. The van der Waals surface area contributed by atoms with Gasteiger partial charge in [0.1, 0.15) is 0 Å². The largest absolute Gasteiger partial charge is 0.416 e. The number of nitrogen functional groups attached to an aromatic ring is 1. The topological polar surface area (TPSA) is 72.5 Å². The number of rotatable bonds is 3. The molecule has 1 aliphatic heterocycles. The molecule has 31 heavy (non-hydrogen) atoms. The van der Waals surface area contributed by atoms with Crippen LogP contribution in [0.25, 0.3) is 22.2 Å². The predicted octanol–water partition coefficient (Wildman–Crippen LogP) is 4.79. The molecule has 1 aromatic heterocycles. The van der Waals surface area contributed by atoms with Crippen molar-refractivity contribution in [1.29, 1.82) is 0 Å². The number of fused-ring (bicyclic) bond motifs is 1. The molecule has 2 aromatic carbocycles. The van der Waals surface area contributed by atoms with Crippen LogP contribution >= 0.6 is 0 Å². The number of carbonyl (C=O) groups is 1. The highest BCUT2D eigenvalue weighted by Crippen LogP contribution is 2.39. The molecule has 1 saturated heterocycles. The highest BCUT2D eigenvalue weighted by atomic mass is 19.4. The zero-order valence-corrected chi connectivity index (χ0v) is 17.0. The summed E-state index contributed by atoms with van der Waals surface area (Å²) in [5.41, 5.74) is 8.53. The Morgan fingerprint density at radius 3 is 2.42 bits per heavy atom. The van der Waals surface area contributed by atoms with Crippen molar-refractivity contribution in [3.8, 4) is 11.3 Å². The number of urea groups is 1. The molecule has 9 heteroatoms. The van der Waals surface area contributed by atoms with Crippen LogP contribution in [0.15, 0.2) is 42.5 Å². The number of hydrogen-bond donors (Lipinski definition) is 2.